The van der Waals surface area contributed by atoms with Crippen LogP contribution in [0, 0.1) is 17.4 Å². The second-order valence-electron chi connectivity index (χ2n) is 10.5. The van der Waals surface area contributed by atoms with Crippen molar-refractivity contribution in [2.45, 2.75) is 50.8 Å². The van der Waals surface area contributed by atoms with Crippen LogP contribution in [0.4, 0.5) is 0 Å². The highest BCUT2D eigenvalue weighted by Gasteiger charge is 2.56. The van der Waals surface area contributed by atoms with Crippen LogP contribution in [0.15, 0.2) is 82.5 Å². The first-order chi connectivity index (χ1) is 18.2. The predicted octanol–water partition coefficient (Wildman–Crippen LogP) is 4.34. The molecule has 1 aliphatic heterocycles. The zero-order chi connectivity index (χ0) is 27.2. The van der Waals surface area contributed by atoms with Gasteiger partial charge in [0.15, 0.2) is 6.23 Å². The lowest BCUT2D eigenvalue weighted by Gasteiger charge is -2.33. The van der Waals surface area contributed by atoms with Crippen molar-refractivity contribution in [2.75, 3.05) is 12.5 Å². The fourth-order valence-electron chi connectivity index (χ4n) is 4.36. The van der Waals surface area contributed by atoms with Gasteiger partial charge in [-0.1, -0.05) is 86.2 Å². The van der Waals surface area contributed by atoms with E-state index in [0.717, 1.165) is 11.1 Å². The third-order valence-electron chi connectivity index (χ3n) is 6.20. The molecule has 2 aromatic carbocycles. The van der Waals surface area contributed by atoms with Crippen LogP contribution in [-0.2, 0) is 27.4 Å². The summed E-state index contributed by atoms with van der Waals surface area (Å²) in [6.07, 6.45) is -0.00924. The number of halogens is 1. The molecule has 1 saturated heterocycles. The van der Waals surface area contributed by atoms with Gasteiger partial charge in [0.2, 0.25) is 0 Å². The summed E-state index contributed by atoms with van der Waals surface area (Å²) in [4.78, 5) is 26.9. The number of alkyl halides is 1. The smallest absolute Gasteiger partial charge is 0.330 e. The van der Waals surface area contributed by atoms with Crippen molar-refractivity contribution < 1.29 is 14.2 Å². The number of hydrogen-bond acceptors (Lipinski definition) is 5. The number of nitrogens with one attached hydrogen (secondary N) is 1. The quantitative estimate of drug-likeness (QED) is 0.242. The maximum atomic E-state index is 12.8. The molecule has 0 saturated carbocycles. The molecule has 3 aromatic rings. The van der Waals surface area contributed by atoms with Gasteiger partial charge in [0.25, 0.3) is 5.56 Å². The number of aromatic nitrogens is 2. The van der Waals surface area contributed by atoms with Crippen molar-refractivity contribution in [1.29, 1.82) is 0 Å². The lowest BCUT2D eigenvalue weighted by Crippen LogP contribution is -2.48. The summed E-state index contributed by atoms with van der Waals surface area (Å²) in [5.41, 5.74) is 3.26. The molecule has 0 unspecified atom stereocenters. The maximum absolute atomic E-state index is 12.8. The number of H-pyrrole nitrogens is 1. The molecule has 1 aliphatic rings. The predicted molar refractivity (Wildman–Crippen MR) is 151 cm³/mol. The van der Waals surface area contributed by atoms with Gasteiger partial charge in [-0.3, -0.25) is 14.3 Å². The lowest BCUT2D eigenvalue weighted by atomic mass is 9.91. The van der Waals surface area contributed by atoms with Crippen LogP contribution in [0.5, 0.6) is 0 Å². The van der Waals surface area contributed by atoms with Gasteiger partial charge in [0.1, 0.15) is 19.8 Å². The Morgan fingerprint density at radius 1 is 1.00 bits per heavy atom. The fraction of sp³-hybridized carbons (Fsp3) is 0.379. The molecule has 0 spiro atoms. The molecule has 0 radical (unpaired) electrons. The zero-order valence-electron chi connectivity index (χ0n) is 21.9. The average molecular weight is 553 g/mol. The first-order valence-corrected chi connectivity index (χ1v) is 16.6. The average Bonchev–Trinajstić information content (AvgIpc) is 3.20. The van der Waals surface area contributed by atoms with Gasteiger partial charge >= 0.3 is 5.69 Å². The number of hydrogen-bond donors (Lipinski definition) is 1. The van der Waals surface area contributed by atoms with Gasteiger partial charge in [-0.2, -0.15) is 0 Å². The van der Waals surface area contributed by atoms with E-state index in [1.807, 2.05) is 60.7 Å². The molecule has 1 fully saturated rings. The first kappa shape index (κ1) is 28.1. The zero-order valence-corrected chi connectivity index (χ0v) is 23.6. The van der Waals surface area contributed by atoms with Gasteiger partial charge in [-0.05, 0) is 11.1 Å². The number of nitrogens with zero attached hydrogens (tertiary/aromatic N) is 1. The van der Waals surface area contributed by atoms with Gasteiger partial charge in [-0.25, -0.2) is 4.79 Å². The molecule has 1 aromatic heterocycles. The molecule has 4 rings (SSSR count). The summed E-state index contributed by atoms with van der Waals surface area (Å²) in [7, 11) is -1.80. The Morgan fingerprint density at radius 3 is 2.21 bits per heavy atom. The number of benzene rings is 2. The van der Waals surface area contributed by atoms with E-state index in [1.54, 1.807) is 0 Å². The summed E-state index contributed by atoms with van der Waals surface area (Å²) in [5, 5.41) is 0. The minimum Gasteiger partial charge on any atom is -0.374 e. The lowest BCUT2D eigenvalue weighted by molar-refractivity contribution is -0.144. The van der Waals surface area contributed by atoms with E-state index >= 15 is 0 Å². The van der Waals surface area contributed by atoms with Crippen molar-refractivity contribution in [2.24, 2.45) is 5.92 Å². The molecule has 7 nitrogen and oxygen atoms in total. The molecule has 9 heteroatoms. The maximum Gasteiger partial charge on any atom is 0.330 e. The SMILES string of the molecule is C[Si](C)(C)C#C[C@@H]1[C@H](n2ccc(=O)[nH]c2=O)O[C@](CCl)(COCc2ccccc2)[C@H]1OCc1ccccc1. The van der Waals surface area contributed by atoms with Gasteiger partial charge in [0.05, 0.1) is 31.6 Å². The van der Waals surface area contributed by atoms with E-state index in [2.05, 4.69) is 36.1 Å². The summed E-state index contributed by atoms with van der Waals surface area (Å²) in [6, 6.07) is 20.9. The molecule has 4 atom stereocenters. The summed E-state index contributed by atoms with van der Waals surface area (Å²) >= 11 is 6.63. The van der Waals surface area contributed by atoms with Gasteiger partial charge in [-0.15, -0.1) is 17.1 Å². The summed E-state index contributed by atoms with van der Waals surface area (Å²) < 4.78 is 20.6. The third-order valence-corrected chi connectivity index (χ3v) is 7.55. The van der Waals surface area contributed by atoms with Crippen LogP contribution in [-0.4, -0.2) is 41.8 Å². The topological polar surface area (TPSA) is 82.6 Å². The van der Waals surface area contributed by atoms with Crippen LogP contribution >= 0.6 is 11.6 Å². The van der Waals surface area contributed by atoms with E-state index in [4.69, 9.17) is 25.8 Å². The van der Waals surface area contributed by atoms with E-state index < -0.39 is 43.2 Å². The molecule has 38 heavy (non-hydrogen) atoms. The minimum absolute atomic E-state index is 0.0565. The normalized spacial score (nSPS) is 23.1. The van der Waals surface area contributed by atoms with Crippen LogP contribution in [0.1, 0.15) is 17.4 Å². The largest absolute Gasteiger partial charge is 0.374 e. The Morgan fingerprint density at radius 2 is 1.63 bits per heavy atom. The molecular formula is C29H33ClN2O5Si. The molecule has 0 bridgehead atoms. The van der Waals surface area contributed by atoms with Crippen LogP contribution in [0.25, 0.3) is 0 Å². The Hall–Kier alpha value is -2.93. The third kappa shape index (κ3) is 6.93. The van der Waals surface area contributed by atoms with E-state index in [-0.39, 0.29) is 12.5 Å². The van der Waals surface area contributed by atoms with Crippen LogP contribution in [0.3, 0.4) is 0 Å². The van der Waals surface area contributed by atoms with Crippen LogP contribution < -0.4 is 11.2 Å². The molecule has 0 amide bonds. The molecular weight excluding hydrogens is 520 g/mol. The highest BCUT2D eigenvalue weighted by atomic mass is 35.5. The molecule has 0 aliphatic carbocycles. The number of aromatic amines is 1. The minimum atomic E-state index is -1.80. The Balaban J connectivity index is 1.73. The van der Waals surface area contributed by atoms with Gasteiger partial charge < -0.3 is 14.2 Å². The highest BCUT2D eigenvalue weighted by molar-refractivity contribution is 6.83. The van der Waals surface area contributed by atoms with E-state index in [0.29, 0.717) is 13.2 Å². The molecule has 200 valence electrons. The number of rotatable bonds is 9. The standard InChI is InChI=1S/C29H33ClN2O5Si/c1-38(2,3)17-15-24-26(36-19-23-12-8-5-9-13-23)29(20-30,21-35-18-22-10-6-4-7-11-22)37-27(24)32-16-14-25(33)31-28(32)34/h4-14,16,24,26-27H,18-21H2,1-3H3,(H,31,33,34)/t24-,26-,27+,29+/m0/s1. The van der Waals surface area contributed by atoms with Gasteiger partial charge in [0, 0.05) is 12.3 Å². The van der Waals surface area contributed by atoms with E-state index in [9.17, 15) is 9.59 Å². The summed E-state index contributed by atoms with van der Waals surface area (Å²) in [5.74, 6) is 2.91. The first-order valence-electron chi connectivity index (χ1n) is 12.6. The van der Waals surface area contributed by atoms with E-state index in [1.165, 1.54) is 16.8 Å². The van der Waals surface area contributed by atoms with Crippen molar-refractivity contribution in [1.82, 2.24) is 9.55 Å². The fourth-order valence-corrected chi connectivity index (χ4v) is 5.25. The second kappa shape index (κ2) is 12.3. The van der Waals surface area contributed by atoms with Crippen molar-refractivity contribution in [3.8, 4) is 11.5 Å². The summed E-state index contributed by atoms with van der Waals surface area (Å²) in [6.45, 7) is 7.25. The monoisotopic (exact) mass is 552 g/mol. The van der Waals surface area contributed by atoms with Crippen molar-refractivity contribution in [3.05, 3.63) is 105 Å². The van der Waals surface area contributed by atoms with Crippen LogP contribution in [0.2, 0.25) is 19.6 Å². The number of ether oxygens (including phenoxy) is 3. The molecule has 2 heterocycles. The van der Waals surface area contributed by atoms with Crippen molar-refractivity contribution in [3.63, 3.8) is 0 Å². The highest BCUT2D eigenvalue weighted by Crippen LogP contribution is 2.44. The second-order valence-corrected chi connectivity index (χ2v) is 15.5. The van der Waals surface area contributed by atoms with Crippen molar-refractivity contribution >= 4 is 19.7 Å². The Bertz CT molecular complexity index is 1380. The molecule has 1 N–H and O–H groups in total. The Kier molecular flexibility index (Phi) is 9.08. The Labute approximate surface area is 228 Å².